The van der Waals surface area contributed by atoms with Crippen molar-refractivity contribution < 1.29 is 4.39 Å². The number of aromatic nitrogens is 2. The van der Waals surface area contributed by atoms with E-state index in [0.717, 1.165) is 11.1 Å². The molecule has 16 heavy (non-hydrogen) atoms. The van der Waals surface area contributed by atoms with E-state index in [2.05, 4.69) is 52.0 Å². The van der Waals surface area contributed by atoms with Crippen LogP contribution in [0.15, 0.2) is 36.7 Å². The third-order valence-corrected chi connectivity index (χ3v) is 3.05. The van der Waals surface area contributed by atoms with Crippen LogP contribution in [-0.4, -0.2) is 16.5 Å². The molecule has 0 radical (unpaired) electrons. The largest absolute Gasteiger partial charge is 0.272 e. The minimum Gasteiger partial charge on any atom is -0.272 e. The highest BCUT2D eigenvalue weighted by molar-refractivity contribution is 14.1. The second kappa shape index (κ2) is 5.43. The second-order valence-electron chi connectivity index (χ2n) is 3.54. The Morgan fingerprint density at radius 1 is 1.19 bits per heavy atom. The summed E-state index contributed by atoms with van der Waals surface area (Å²) in [5.41, 5.74) is 2.22. The molecular formula is C12H12FIN2. The minimum atomic E-state index is -0.293. The zero-order chi connectivity index (χ0) is 11.4. The molecule has 0 spiro atoms. The van der Waals surface area contributed by atoms with Gasteiger partial charge in [0.15, 0.2) is 0 Å². The van der Waals surface area contributed by atoms with Crippen molar-refractivity contribution >= 4 is 22.6 Å². The van der Waals surface area contributed by atoms with Gasteiger partial charge in [-0.15, -0.1) is 0 Å². The van der Waals surface area contributed by atoms with E-state index < -0.39 is 0 Å². The molecular weight excluding hydrogens is 318 g/mol. The number of nitrogens with zero attached hydrogens (tertiary/aromatic N) is 2. The van der Waals surface area contributed by atoms with Gasteiger partial charge < -0.3 is 0 Å². The normalized spacial score (nSPS) is 10.6. The summed E-state index contributed by atoms with van der Waals surface area (Å²) in [5, 5.41) is 4.20. The van der Waals surface area contributed by atoms with Gasteiger partial charge in [0.2, 0.25) is 0 Å². The predicted octanol–water partition coefficient (Wildman–Crippen LogP) is 3.51. The third-order valence-electron chi connectivity index (χ3n) is 2.33. The lowest BCUT2D eigenvalue weighted by atomic mass is 10.1. The zero-order valence-corrected chi connectivity index (χ0v) is 10.9. The Kier molecular flexibility index (Phi) is 3.93. The minimum absolute atomic E-state index is 0.293. The van der Waals surface area contributed by atoms with Crippen LogP contribution in [0.5, 0.6) is 0 Å². The fourth-order valence-electron chi connectivity index (χ4n) is 1.50. The zero-order valence-electron chi connectivity index (χ0n) is 8.74. The molecule has 84 valence electrons. The van der Waals surface area contributed by atoms with Gasteiger partial charge in [0.1, 0.15) is 0 Å². The van der Waals surface area contributed by atoms with Gasteiger partial charge >= 0.3 is 0 Å². The maximum atomic E-state index is 12.0. The summed E-state index contributed by atoms with van der Waals surface area (Å²) in [6.07, 6.45) is 4.30. The van der Waals surface area contributed by atoms with Crippen molar-refractivity contribution in [3.05, 3.63) is 40.2 Å². The van der Waals surface area contributed by atoms with Crippen molar-refractivity contribution in [1.82, 2.24) is 9.78 Å². The first-order valence-electron chi connectivity index (χ1n) is 5.14. The molecule has 0 aliphatic heterocycles. The number of benzene rings is 1. The lowest BCUT2D eigenvalue weighted by molar-refractivity contribution is 0.435. The monoisotopic (exact) mass is 330 g/mol. The summed E-state index contributed by atoms with van der Waals surface area (Å²) < 4.78 is 15.0. The molecule has 2 aromatic rings. The smallest absolute Gasteiger partial charge is 0.0912 e. The first-order chi connectivity index (χ1) is 7.79. The van der Waals surface area contributed by atoms with Crippen LogP contribution in [0.4, 0.5) is 4.39 Å². The molecule has 0 N–H and O–H groups in total. The van der Waals surface area contributed by atoms with Crippen molar-refractivity contribution in [2.24, 2.45) is 0 Å². The van der Waals surface area contributed by atoms with E-state index in [4.69, 9.17) is 0 Å². The Balaban J connectivity index is 2.15. The lowest BCUT2D eigenvalue weighted by Crippen LogP contribution is -1.98. The Morgan fingerprint density at radius 2 is 1.94 bits per heavy atom. The molecule has 2 rings (SSSR count). The molecule has 2 nitrogen and oxygen atoms in total. The van der Waals surface area contributed by atoms with Gasteiger partial charge in [-0.05, 0) is 46.7 Å². The number of hydrogen-bond acceptors (Lipinski definition) is 1. The lowest BCUT2D eigenvalue weighted by Gasteiger charge is -1.98. The van der Waals surface area contributed by atoms with Crippen LogP contribution in [0.25, 0.3) is 11.1 Å². The highest BCUT2D eigenvalue weighted by Gasteiger charge is 2.01. The fraction of sp³-hybridized carbons (Fsp3) is 0.250. The van der Waals surface area contributed by atoms with E-state index in [1.54, 1.807) is 4.68 Å². The van der Waals surface area contributed by atoms with Crippen molar-refractivity contribution in [2.45, 2.75) is 13.0 Å². The standard InChI is InChI=1S/C12H12FIN2/c13-6-1-7-16-9-11(8-15-16)10-2-4-12(14)5-3-10/h2-5,8-9H,1,6-7H2. The van der Waals surface area contributed by atoms with Gasteiger partial charge in [0, 0.05) is 21.9 Å². The van der Waals surface area contributed by atoms with E-state index >= 15 is 0 Å². The van der Waals surface area contributed by atoms with Crippen LogP contribution in [0.3, 0.4) is 0 Å². The highest BCUT2D eigenvalue weighted by Crippen LogP contribution is 2.19. The molecule has 0 aliphatic rings. The van der Waals surface area contributed by atoms with Gasteiger partial charge in [-0.2, -0.15) is 5.10 Å². The average molecular weight is 330 g/mol. The SMILES string of the molecule is FCCCn1cc(-c2ccc(I)cc2)cn1. The van der Waals surface area contributed by atoms with Crippen LogP contribution < -0.4 is 0 Å². The molecule has 0 atom stereocenters. The number of halogens is 2. The maximum Gasteiger partial charge on any atom is 0.0912 e. The van der Waals surface area contributed by atoms with Crippen LogP contribution in [-0.2, 0) is 6.54 Å². The van der Waals surface area contributed by atoms with E-state index in [-0.39, 0.29) is 6.67 Å². The molecule has 0 unspecified atom stereocenters. The summed E-state index contributed by atoms with van der Waals surface area (Å²) in [5.74, 6) is 0. The van der Waals surface area contributed by atoms with Gasteiger partial charge in [0.05, 0.1) is 12.9 Å². The summed E-state index contributed by atoms with van der Waals surface area (Å²) in [7, 11) is 0. The van der Waals surface area contributed by atoms with Crippen molar-refractivity contribution in [3.63, 3.8) is 0 Å². The van der Waals surface area contributed by atoms with Crippen molar-refractivity contribution in [2.75, 3.05) is 6.67 Å². The number of rotatable bonds is 4. The molecule has 1 aromatic carbocycles. The highest BCUT2D eigenvalue weighted by atomic mass is 127. The second-order valence-corrected chi connectivity index (χ2v) is 4.79. The average Bonchev–Trinajstić information content (AvgIpc) is 2.76. The van der Waals surface area contributed by atoms with Crippen molar-refractivity contribution in [1.29, 1.82) is 0 Å². The molecule has 1 aromatic heterocycles. The number of hydrogen-bond donors (Lipinski definition) is 0. The summed E-state index contributed by atoms with van der Waals surface area (Å²) >= 11 is 2.28. The van der Waals surface area contributed by atoms with Gasteiger partial charge in [0.25, 0.3) is 0 Å². The van der Waals surface area contributed by atoms with E-state index in [1.807, 2.05) is 12.4 Å². The third kappa shape index (κ3) is 2.81. The van der Waals surface area contributed by atoms with Crippen molar-refractivity contribution in [3.8, 4) is 11.1 Å². The van der Waals surface area contributed by atoms with Gasteiger partial charge in [-0.3, -0.25) is 9.07 Å². The number of alkyl halides is 1. The summed E-state index contributed by atoms with van der Waals surface area (Å²) in [6, 6.07) is 8.26. The summed E-state index contributed by atoms with van der Waals surface area (Å²) in [4.78, 5) is 0. The van der Waals surface area contributed by atoms with Crippen LogP contribution in [0.1, 0.15) is 6.42 Å². The molecule has 0 bridgehead atoms. The molecule has 0 amide bonds. The van der Waals surface area contributed by atoms with Gasteiger partial charge in [-0.1, -0.05) is 12.1 Å². The van der Waals surface area contributed by atoms with E-state index in [9.17, 15) is 4.39 Å². The summed E-state index contributed by atoms with van der Waals surface area (Å²) in [6.45, 7) is 0.347. The topological polar surface area (TPSA) is 17.8 Å². The van der Waals surface area contributed by atoms with Crippen LogP contribution in [0, 0.1) is 3.57 Å². The van der Waals surface area contributed by atoms with Crippen LogP contribution in [0.2, 0.25) is 0 Å². The van der Waals surface area contributed by atoms with E-state index in [0.29, 0.717) is 13.0 Å². The number of aryl methyl sites for hydroxylation is 1. The fourth-order valence-corrected chi connectivity index (χ4v) is 1.86. The molecule has 1 heterocycles. The van der Waals surface area contributed by atoms with Gasteiger partial charge in [-0.25, -0.2) is 0 Å². The van der Waals surface area contributed by atoms with E-state index in [1.165, 1.54) is 3.57 Å². The Hall–Kier alpha value is -0.910. The Bertz CT molecular complexity index is 450. The molecule has 4 heteroatoms. The Morgan fingerprint density at radius 3 is 2.62 bits per heavy atom. The molecule has 0 saturated heterocycles. The quantitative estimate of drug-likeness (QED) is 0.785. The molecule has 0 saturated carbocycles. The first-order valence-corrected chi connectivity index (χ1v) is 6.22. The Labute approximate surface area is 108 Å². The molecule has 0 fully saturated rings. The maximum absolute atomic E-state index is 12.0. The first kappa shape index (κ1) is 11.6. The predicted molar refractivity (Wildman–Crippen MR) is 71.0 cm³/mol. The molecule has 0 aliphatic carbocycles. The van der Waals surface area contributed by atoms with Crippen LogP contribution >= 0.6 is 22.6 Å².